The van der Waals surface area contributed by atoms with E-state index in [-0.39, 0.29) is 35.0 Å². The molecular weight excluding hydrogens is 423 g/mol. The van der Waals surface area contributed by atoms with Crippen LogP contribution in [-0.4, -0.2) is 41.2 Å². The van der Waals surface area contributed by atoms with Gasteiger partial charge in [0, 0.05) is 19.2 Å². The molecule has 7 nitrogen and oxygen atoms in total. The highest BCUT2D eigenvalue weighted by atomic mass is 32.1. The number of rotatable bonds is 4. The molecule has 0 spiro atoms. The van der Waals surface area contributed by atoms with Gasteiger partial charge in [-0.15, -0.1) is 13.2 Å². The van der Waals surface area contributed by atoms with Crippen LogP contribution in [0.1, 0.15) is 23.4 Å². The Bertz CT molecular complexity index is 1060. The minimum Gasteiger partial charge on any atom is -0.459 e. The molecule has 0 bridgehead atoms. The Morgan fingerprint density at radius 2 is 2.13 bits per heavy atom. The van der Waals surface area contributed by atoms with E-state index in [0.717, 1.165) is 11.3 Å². The number of hydrogen-bond donors (Lipinski definition) is 1. The fourth-order valence-corrected chi connectivity index (χ4v) is 4.19. The molecule has 1 fully saturated rings. The van der Waals surface area contributed by atoms with Gasteiger partial charge in [0.1, 0.15) is 5.75 Å². The fraction of sp³-hybridized carbons (Fsp3) is 0.316. The second-order valence-corrected chi connectivity index (χ2v) is 7.78. The zero-order valence-corrected chi connectivity index (χ0v) is 16.3. The lowest BCUT2D eigenvalue weighted by Gasteiger charge is -2.31. The van der Waals surface area contributed by atoms with E-state index in [1.165, 1.54) is 24.5 Å². The van der Waals surface area contributed by atoms with Gasteiger partial charge in [-0.2, -0.15) is 0 Å². The highest BCUT2D eigenvalue weighted by Gasteiger charge is 2.32. The van der Waals surface area contributed by atoms with Gasteiger partial charge in [-0.3, -0.25) is 9.59 Å². The maximum atomic E-state index is 12.7. The largest absolute Gasteiger partial charge is 0.573 e. The SMILES string of the molecule is O=C(Nc1nc2ccc(OC(F)(F)F)cc2s1)C1CCCN(C(=O)c2ccco2)C1. The van der Waals surface area contributed by atoms with Gasteiger partial charge in [0.25, 0.3) is 5.91 Å². The van der Waals surface area contributed by atoms with Crippen LogP contribution in [0.5, 0.6) is 5.75 Å². The monoisotopic (exact) mass is 439 g/mol. The molecule has 3 aromatic rings. The number of nitrogens with one attached hydrogen (secondary N) is 1. The van der Waals surface area contributed by atoms with Crippen LogP contribution in [0, 0.1) is 5.92 Å². The molecule has 0 radical (unpaired) electrons. The quantitative estimate of drug-likeness (QED) is 0.656. The molecular formula is C19H16F3N3O4S. The van der Waals surface area contributed by atoms with Crippen molar-refractivity contribution in [3.63, 3.8) is 0 Å². The number of thiazole rings is 1. The highest BCUT2D eigenvalue weighted by molar-refractivity contribution is 7.22. The van der Waals surface area contributed by atoms with E-state index >= 15 is 0 Å². The Labute approximate surface area is 172 Å². The number of carbonyl (C=O) groups excluding carboxylic acids is 2. The number of nitrogens with zero attached hydrogens (tertiary/aromatic N) is 2. The van der Waals surface area contributed by atoms with Crippen LogP contribution in [0.2, 0.25) is 0 Å². The van der Waals surface area contributed by atoms with E-state index in [1.807, 2.05) is 0 Å². The summed E-state index contributed by atoms with van der Waals surface area (Å²) < 4.78 is 46.6. The minimum atomic E-state index is -4.78. The topological polar surface area (TPSA) is 84.7 Å². The average Bonchev–Trinajstić information content (AvgIpc) is 3.35. The number of furan rings is 1. The number of piperidine rings is 1. The number of amides is 2. The number of carbonyl (C=O) groups is 2. The van der Waals surface area contributed by atoms with Gasteiger partial charge >= 0.3 is 6.36 Å². The summed E-state index contributed by atoms with van der Waals surface area (Å²) in [6.07, 6.45) is -2.08. The van der Waals surface area contributed by atoms with E-state index in [9.17, 15) is 22.8 Å². The van der Waals surface area contributed by atoms with Crippen molar-refractivity contribution in [1.29, 1.82) is 0 Å². The number of likely N-dealkylation sites (tertiary alicyclic amines) is 1. The maximum absolute atomic E-state index is 12.7. The Morgan fingerprint density at radius 3 is 2.87 bits per heavy atom. The summed E-state index contributed by atoms with van der Waals surface area (Å²) in [5, 5.41) is 2.98. The summed E-state index contributed by atoms with van der Waals surface area (Å²) in [4.78, 5) is 30.9. The molecule has 30 heavy (non-hydrogen) atoms. The Balaban J connectivity index is 1.42. The Morgan fingerprint density at radius 1 is 1.30 bits per heavy atom. The van der Waals surface area contributed by atoms with Crippen LogP contribution < -0.4 is 10.1 Å². The fourth-order valence-electron chi connectivity index (χ4n) is 3.29. The third-order valence-corrected chi connectivity index (χ3v) is 5.57. The number of benzene rings is 1. The molecule has 2 aromatic heterocycles. The van der Waals surface area contributed by atoms with Gasteiger partial charge in [0.2, 0.25) is 5.91 Å². The smallest absolute Gasteiger partial charge is 0.459 e. The molecule has 1 atom stereocenters. The number of halogens is 3. The predicted octanol–water partition coefficient (Wildman–Crippen LogP) is 4.28. The number of ether oxygens (including phenoxy) is 1. The van der Waals surface area contributed by atoms with Gasteiger partial charge in [-0.1, -0.05) is 11.3 Å². The van der Waals surface area contributed by atoms with Crippen LogP contribution >= 0.6 is 11.3 Å². The van der Waals surface area contributed by atoms with Crippen molar-refractivity contribution in [3.05, 3.63) is 42.4 Å². The molecule has 1 unspecified atom stereocenters. The lowest BCUT2D eigenvalue weighted by Crippen LogP contribution is -2.43. The van der Waals surface area contributed by atoms with Crippen molar-refractivity contribution in [2.24, 2.45) is 5.92 Å². The normalized spacial score (nSPS) is 17.2. The molecule has 1 aliphatic heterocycles. The van der Waals surface area contributed by atoms with Crippen molar-refractivity contribution in [2.75, 3.05) is 18.4 Å². The van der Waals surface area contributed by atoms with E-state index in [2.05, 4.69) is 15.0 Å². The van der Waals surface area contributed by atoms with E-state index in [0.29, 0.717) is 29.6 Å². The zero-order valence-electron chi connectivity index (χ0n) is 15.4. The van der Waals surface area contributed by atoms with E-state index < -0.39 is 12.3 Å². The Hall–Kier alpha value is -3.08. The summed E-state index contributed by atoms with van der Waals surface area (Å²) in [6, 6.07) is 6.98. The number of anilines is 1. The van der Waals surface area contributed by atoms with Crippen LogP contribution in [0.4, 0.5) is 18.3 Å². The van der Waals surface area contributed by atoms with Crippen LogP contribution in [-0.2, 0) is 4.79 Å². The molecule has 11 heteroatoms. The second-order valence-electron chi connectivity index (χ2n) is 6.75. The number of aromatic nitrogens is 1. The molecule has 0 aliphatic carbocycles. The molecule has 1 aromatic carbocycles. The van der Waals surface area contributed by atoms with Gasteiger partial charge in [-0.25, -0.2) is 4.98 Å². The Kier molecular flexibility index (Phi) is 5.37. The first-order valence-electron chi connectivity index (χ1n) is 9.08. The van der Waals surface area contributed by atoms with Crippen LogP contribution in [0.25, 0.3) is 10.2 Å². The zero-order chi connectivity index (χ0) is 21.3. The third kappa shape index (κ3) is 4.56. The number of fused-ring (bicyclic) bond motifs is 1. The molecule has 1 aliphatic rings. The number of alkyl halides is 3. The van der Waals surface area contributed by atoms with Crippen molar-refractivity contribution < 1.29 is 31.9 Å². The number of hydrogen-bond acceptors (Lipinski definition) is 6. The van der Waals surface area contributed by atoms with Gasteiger partial charge < -0.3 is 19.4 Å². The van der Waals surface area contributed by atoms with Crippen molar-refractivity contribution >= 4 is 38.5 Å². The minimum absolute atomic E-state index is 0.221. The van der Waals surface area contributed by atoms with Gasteiger partial charge in [0.05, 0.1) is 22.4 Å². The van der Waals surface area contributed by atoms with E-state index in [1.54, 1.807) is 17.0 Å². The van der Waals surface area contributed by atoms with Crippen molar-refractivity contribution in [1.82, 2.24) is 9.88 Å². The summed E-state index contributed by atoms with van der Waals surface area (Å²) in [6.45, 7) is 0.784. The van der Waals surface area contributed by atoms with Crippen LogP contribution in [0.15, 0.2) is 41.0 Å². The highest BCUT2D eigenvalue weighted by Crippen LogP contribution is 2.32. The molecule has 2 amide bonds. The lowest BCUT2D eigenvalue weighted by molar-refractivity contribution is -0.274. The van der Waals surface area contributed by atoms with Gasteiger partial charge in [0.15, 0.2) is 10.9 Å². The first-order valence-corrected chi connectivity index (χ1v) is 9.90. The van der Waals surface area contributed by atoms with Crippen molar-refractivity contribution in [2.45, 2.75) is 19.2 Å². The molecule has 3 heterocycles. The first-order chi connectivity index (χ1) is 14.3. The summed E-state index contributed by atoms with van der Waals surface area (Å²) >= 11 is 1.05. The maximum Gasteiger partial charge on any atom is 0.573 e. The summed E-state index contributed by atoms with van der Waals surface area (Å²) in [7, 11) is 0. The molecule has 0 saturated carbocycles. The molecule has 1 N–H and O–H groups in total. The van der Waals surface area contributed by atoms with Gasteiger partial charge in [-0.05, 0) is 37.1 Å². The molecule has 1 saturated heterocycles. The second kappa shape index (κ2) is 7.98. The lowest BCUT2D eigenvalue weighted by atomic mass is 9.97. The first kappa shape index (κ1) is 20.2. The van der Waals surface area contributed by atoms with Crippen LogP contribution in [0.3, 0.4) is 0 Å². The summed E-state index contributed by atoms with van der Waals surface area (Å²) in [5.74, 6) is -1.11. The summed E-state index contributed by atoms with van der Waals surface area (Å²) in [5.41, 5.74) is 0.447. The molecule has 4 rings (SSSR count). The average molecular weight is 439 g/mol. The predicted molar refractivity (Wildman–Crippen MR) is 102 cm³/mol. The van der Waals surface area contributed by atoms with E-state index in [4.69, 9.17) is 4.42 Å². The third-order valence-electron chi connectivity index (χ3n) is 4.63. The molecule has 158 valence electrons. The standard InChI is InChI=1S/C19H16F3N3O4S/c20-19(21,22)29-12-5-6-13-15(9-12)30-18(23-13)24-16(26)11-3-1-7-25(10-11)17(27)14-4-2-8-28-14/h2,4-6,8-9,11H,1,3,7,10H2,(H,23,24,26). The van der Waals surface area contributed by atoms with Crippen molar-refractivity contribution in [3.8, 4) is 5.75 Å².